The summed E-state index contributed by atoms with van der Waals surface area (Å²) in [4.78, 5) is 7.27. The minimum atomic E-state index is 0. The summed E-state index contributed by atoms with van der Waals surface area (Å²) in [6.45, 7) is 9.04. The van der Waals surface area contributed by atoms with Crippen LogP contribution in [0.4, 0.5) is 0 Å². The third kappa shape index (κ3) is 7.50. The summed E-state index contributed by atoms with van der Waals surface area (Å²) >= 11 is 0. The number of halogens is 1. The lowest BCUT2D eigenvalue weighted by atomic mass is 10.0. The Kier molecular flexibility index (Phi) is 11.3. The Morgan fingerprint density at radius 3 is 2.65 bits per heavy atom. The Labute approximate surface area is 175 Å². The van der Waals surface area contributed by atoms with E-state index in [9.17, 15) is 0 Å². The molecule has 144 valence electrons. The zero-order valence-electron chi connectivity index (χ0n) is 16.0. The lowest BCUT2D eigenvalue weighted by Crippen LogP contribution is -2.45. The molecule has 0 aromatic heterocycles. The number of nitriles is 1. The van der Waals surface area contributed by atoms with E-state index in [0.717, 1.165) is 37.2 Å². The number of aliphatic imine (C=N–C) groups is 1. The van der Waals surface area contributed by atoms with Crippen LogP contribution in [0.25, 0.3) is 0 Å². The van der Waals surface area contributed by atoms with Crippen LogP contribution in [-0.2, 0) is 6.54 Å². The van der Waals surface area contributed by atoms with Crippen LogP contribution in [0.3, 0.4) is 0 Å². The molecule has 2 N–H and O–H groups in total. The number of guanidine groups is 1. The van der Waals surface area contributed by atoms with Crippen molar-refractivity contribution in [2.45, 2.75) is 52.1 Å². The summed E-state index contributed by atoms with van der Waals surface area (Å²) < 4.78 is 0. The van der Waals surface area contributed by atoms with E-state index in [1.807, 2.05) is 24.3 Å². The predicted molar refractivity (Wildman–Crippen MR) is 119 cm³/mol. The van der Waals surface area contributed by atoms with E-state index in [0.29, 0.717) is 12.1 Å². The number of likely N-dealkylation sites (tertiary alicyclic amines) is 1. The van der Waals surface area contributed by atoms with Gasteiger partial charge in [0, 0.05) is 25.7 Å². The van der Waals surface area contributed by atoms with Crippen molar-refractivity contribution < 1.29 is 0 Å². The Morgan fingerprint density at radius 1 is 1.23 bits per heavy atom. The van der Waals surface area contributed by atoms with Crippen molar-refractivity contribution in [2.24, 2.45) is 4.99 Å². The first-order chi connectivity index (χ1) is 12.3. The van der Waals surface area contributed by atoms with Gasteiger partial charge >= 0.3 is 0 Å². The molecule has 26 heavy (non-hydrogen) atoms. The number of benzene rings is 1. The third-order valence-electron chi connectivity index (χ3n) is 4.76. The molecule has 1 aromatic carbocycles. The molecule has 0 bridgehead atoms. The molecule has 0 radical (unpaired) electrons. The molecule has 0 spiro atoms. The number of rotatable bonds is 7. The highest BCUT2D eigenvalue weighted by Gasteiger charge is 2.19. The summed E-state index contributed by atoms with van der Waals surface area (Å²) in [6.07, 6.45) is 5.27. The van der Waals surface area contributed by atoms with E-state index in [1.54, 1.807) is 0 Å². The monoisotopic (exact) mass is 469 g/mol. The van der Waals surface area contributed by atoms with Crippen LogP contribution < -0.4 is 10.6 Å². The second-order valence-electron chi connectivity index (χ2n) is 6.52. The summed E-state index contributed by atoms with van der Waals surface area (Å²) in [7, 11) is 0. The van der Waals surface area contributed by atoms with Crippen LogP contribution in [0.15, 0.2) is 29.3 Å². The zero-order chi connectivity index (χ0) is 17.9. The van der Waals surface area contributed by atoms with Crippen molar-refractivity contribution in [1.82, 2.24) is 15.5 Å². The maximum atomic E-state index is 8.86. The fourth-order valence-electron chi connectivity index (χ4n) is 3.33. The Bertz CT molecular complexity index is 579. The smallest absolute Gasteiger partial charge is 0.191 e. The lowest BCUT2D eigenvalue weighted by Gasteiger charge is -2.35. The van der Waals surface area contributed by atoms with Crippen LogP contribution in [0.2, 0.25) is 0 Å². The Balaban J connectivity index is 0.00000338. The van der Waals surface area contributed by atoms with Gasteiger partial charge in [0.15, 0.2) is 5.96 Å². The van der Waals surface area contributed by atoms with Crippen molar-refractivity contribution >= 4 is 29.9 Å². The number of hydrogen-bond acceptors (Lipinski definition) is 3. The summed E-state index contributed by atoms with van der Waals surface area (Å²) in [5.41, 5.74) is 1.79. The molecule has 5 nitrogen and oxygen atoms in total. The van der Waals surface area contributed by atoms with E-state index in [4.69, 9.17) is 5.26 Å². The van der Waals surface area contributed by atoms with Gasteiger partial charge in [-0.15, -0.1) is 24.0 Å². The SMILES string of the molecule is CCNC(=NCc1ccc(C#N)cc1)NCCN1CCCCC1CC.I. The van der Waals surface area contributed by atoms with Crippen LogP contribution >= 0.6 is 24.0 Å². The quantitative estimate of drug-likeness (QED) is 0.365. The first-order valence-electron chi connectivity index (χ1n) is 9.52. The van der Waals surface area contributed by atoms with E-state index in [-0.39, 0.29) is 24.0 Å². The number of piperidine rings is 1. The fourth-order valence-corrected chi connectivity index (χ4v) is 3.33. The summed E-state index contributed by atoms with van der Waals surface area (Å²) in [6, 6.07) is 10.5. The highest BCUT2D eigenvalue weighted by molar-refractivity contribution is 14.0. The van der Waals surface area contributed by atoms with Gasteiger partial charge in [0.05, 0.1) is 18.2 Å². The molecule has 1 aromatic rings. The number of nitrogens with zero attached hydrogens (tertiary/aromatic N) is 3. The topological polar surface area (TPSA) is 63.5 Å². The number of hydrogen-bond donors (Lipinski definition) is 2. The van der Waals surface area contributed by atoms with E-state index < -0.39 is 0 Å². The average molecular weight is 469 g/mol. The van der Waals surface area contributed by atoms with Gasteiger partial charge in [-0.3, -0.25) is 4.90 Å². The minimum absolute atomic E-state index is 0. The standard InChI is InChI=1S/C20H31N5.HI/c1-3-19-7-5-6-13-25(19)14-12-23-20(22-4-2)24-16-18-10-8-17(15-21)9-11-18;/h8-11,19H,3-7,12-14,16H2,1-2H3,(H2,22,23,24);1H. The van der Waals surface area contributed by atoms with E-state index in [1.165, 1.54) is 32.2 Å². The molecule has 0 aliphatic carbocycles. The van der Waals surface area contributed by atoms with E-state index in [2.05, 4.69) is 40.4 Å². The third-order valence-corrected chi connectivity index (χ3v) is 4.76. The molecule has 6 heteroatoms. The lowest BCUT2D eigenvalue weighted by molar-refractivity contribution is 0.147. The van der Waals surface area contributed by atoms with Gasteiger partial charge in [-0.05, 0) is 50.4 Å². The zero-order valence-corrected chi connectivity index (χ0v) is 18.3. The van der Waals surface area contributed by atoms with Crippen molar-refractivity contribution in [2.75, 3.05) is 26.2 Å². The van der Waals surface area contributed by atoms with Crippen molar-refractivity contribution in [3.63, 3.8) is 0 Å². The van der Waals surface area contributed by atoms with Gasteiger partial charge in [0.25, 0.3) is 0 Å². The molecule has 1 unspecified atom stereocenters. The minimum Gasteiger partial charge on any atom is -0.357 e. The molecular formula is C20H32IN5. The highest BCUT2D eigenvalue weighted by atomic mass is 127. The first kappa shape index (κ1) is 22.7. The molecular weight excluding hydrogens is 437 g/mol. The van der Waals surface area contributed by atoms with Gasteiger partial charge in [-0.1, -0.05) is 25.5 Å². The predicted octanol–water partition coefficient (Wildman–Crippen LogP) is 3.50. The number of nitrogens with one attached hydrogen (secondary N) is 2. The van der Waals surface area contributed by atoms with E-state index >= 15 is 0 Å². The molecule has 0 saturated carbocycles. The van der Waals surface area contributed by atoms with Crippen LogP contribution in [0, 0.1) is 11.3 Å². The van der Waals surface area contributed by atoms with Gasteiger partial charge in [0.1, 0.15) is 0 Å². The Morgan fingerprint density at radius 2 is 2.00 bits per heavy atom. The summed E-state index contributed by atoms with van der Waals surface area (Å²) in [5.74, 6) is 0.858. The molecule has 1 heterocycles. The van der Waals surface area contributed by atoms with Gasteiger partial charge in [0.2, 0.25) is 0 Å². The van der Waals surface area contributed by atoms with Crippen molar-refractivity contribution in [3.8, 4) is 6.07 Å². The van der Waals surface area contributed by atoms with Crippen molar-refractivity contribution in [1.29, 1.82) is 5.26 Å². The van der Waals surface area contributed by atoms with Crippen molar-refractivity contribution in [3.05, 3.63) is 35.4 Å². The molecule has 0 amide bonds. The van der Waals surface area contributed by atoms with Gasteiger partial charge in [-0.25, -0.2) is 4.99 Å². The molecule has 1 saturated heterocycles. The molecule has 1 atom stereocenters. The average Bonchev–Trinajstić information content (AvgIpc) is 2.67. The largest absolute Gasteiger partial charge is 0.357 e. The maximum absolute atomic E-state index is 8.86. The second-order valence-corrected chi connectivity index (χ2v) is 6.52. The maximum Gasteiger partial charge on any atom is 0.191 e. The summed E-state index contributed by atoms with van der Waals surface area (Å²) in [5, 5.41) is 15.6. The molecule has 2 rings (SSSR count). The fraction of sp³-hybridized carbons (Fsp3) is 0.600. The highest BCUT2D eigenvalue weighted by Crippen LogP contribution is 2.18. The molecule has 1 fully saturated rings. The Hall–Kier alpha value is -1.33. The van der Waals surface area contributed by atoms with Gasteiger partial charge < -0.3 is 10.6 Å². The van der Waals surface area contributed by atoms with Crippen LogP contribution in [0.5, 0.6) is 0 Å². The normalized spacial score (nSPS) is 17.9. The van der Waals surface area contributed by atoms with Crippen LogP contribution in [0.1, 0.15) is 50.7 Å². The molecule has 1 aliphatic rings. The van der Waals surface area contributed by atoms with Crippen LogP contribution in [-0.4, -0.2) is 43.1 Å². The molecule has 1 aliphatic heterocycles. The van der Waals surface area contributed by atoms with Gasteiger partial charge in [-0.2, -0.15) is 5.26 Å². The first-order valence-corrected chi connectivity index (χ1v) is 9.52. The second kappa shape index (κ2) is 12.9.